The third kappa shape index (κ3) is 6.46. The molecule has 2 amide bonds. The summed E-state index contributed by atoms with van der Waals surface area (Å²) in [6, 6.07) is 9.49. The fourth-order valence-corrected chi connectivity index (χ4v) is 4.66. The van der Waals surface area contributed by atoms with E-state index in [-0.39, 0.29) is 23.8 Å². The summed E-state index contributed by atoms with van der Waals surface area (Å²) in [5, 5.41) is 8.12. The first-order valence-electron chi connectivity index (χ1n) is 11.0. The topological polar surface area (TPSA) is 79.9 Å². The molecule has 1 unspecified atom stereocenters. The van der Waals surface area contributed by atoms with E-state index in [2.05, 4.69) is 27.0 Å². The lowest BCUT2D eigenvalue weighted by Crippen LogP contribution is -2.49. The van der Waals surface area contributed by atoms with Gasteiger partial charge in [0.2, 0.25) is 11.8 Å². The van der Waals surface area contributed by atoms with Crippen LogP contribution in [0.3, 0.4) is 0 Å². The van der Waals surface area contributed by atoms with E-state index in [1.54, 1.807) is 25.6 Å². The number of amides is 2. The molecular weight excluding hydrogens is 426 g/mol. The van der Waals surface area contributed by atoms with Crippen LogP contribution in [-0.2, 0) is 22.6 Å². The zero-order chi connectivity index (χ0) is 22.9. The number of benzene rings is 1. The number of hydrogen-bond donors (Lipinski definition) is 2. The molecule has 1 aliphatic heterocycles. The molecule has 2 N–H and O–H groups in total. The fourth-order valence-electron chi connectivity index (χ4n) is 3.95. The van der Waals surface area contributed by atoms with Gasteiger partial charge < -0.3 is 20.1 Å². The molecule has 8 heteroatoms. The van der Waals surface area contributed by atoms with Gasteiger partial charge in [-0.2, -0.15) is 0 Å². The Morgan fingerprint density at radius 1 is 1.12 bits per heavy atom. The van der Waals surface area contributed by atoms with Crippen LogP contribution in [0.15, 0.2) is 35.7 Å². The number of nitrogens with zero attached hydrogens (tertiary/aromatic N) is 1. The highest BCUT2D eigenvalue weighted by atomic mass is 32.1. The Morgan fingerprint density at radius 2 is 1.88 bits per heavy atom. The van der Waals surface area contributed by atoms with Gasteiger partial charge in [-0.25, -0.2) is 0 Å². The Hall–Kier alpha value is -2.58. The van der Waals surface area contributed by atoms with Crippen LogP contribution >= 0.6 is 11.3 Å². The summed E-state index contributed by atoms with van der Waals surface area (Å²) in [4.78, 5) is 28.6. The number of carbonyl (C=O) groups is 2. The molecular formula is C24H33N3O4S. The Bertz CT molecular complexity index is 879. The Kier molecular flexibility index (Phi) is 8.93. The summed E-state index contributed by atoms with van der Waals surface area (Å²) in [5.74, 6) is 1.44. The molecule has 32 heavy (non-hydrogen) atoms. The number of nitrogens with one attached hydrogen (secondary N) is 2. The van der Waals surface area contributed by atoms with Gasteiger partial charge >= 0.3 is 0 Å². The van der Waals surface area contributed by atoms with Crippen molar-refractivity contribution in [1.82, 2.24) is 15.5 Å². The molecule has 7 nitrogen and oxygen atoms in total. The highest BCUT2D eigenvalue weighted by Crippen LogP contribution is 2.27. The molecule has 1 atom stereocenters. The number of likely N-dealkylation sites (tertiary alicyclic amines) is 1. The van der Waals surface area contributed by atoms with Crippen LogP contribution in [0.2, 0.25) is 0 Å². The molecule has 0 aliphatic carbocycles. The second-order valence-corrected chi connectivity index (χ2v) is 9.05. The van der Waals surface area contributed by atoms with Gasteiger partial charge in [-0.15, -0.1) is 11.3 Å². The van der Waals surface area contributed by atoms with Gasteiger partial charge in [-0.1, -0.05) is 12.1 Å². The molecule has 1 fully saturated rings. The van der Waals surface area contributed by atoms with Gasteiger partial charge in [-0.3, -0.25) is 14.5 Å². The van der Waals surface area contributed by atoms with E-state index >= 15 is 0 Å². The normalized spacial score (nSPS) is 15.7. The largest absolute Gasteiger partial charge is 0.493 e. The smallest absolute Gasteiger partial charge is 0.237 e. The maximum Gasteiger partial charge on any atom is 0.237 e. The van der Waals surface area contributed by atoms with E-state index < -0.39 is 0 Å². The summed E-state index contributed by atoms with van der Waals surface area (Å²) in [6.07, 6.45) is 2.43. The third-order valence-corrected chi connectivity index (χ3v) is 6.93. The minimum Gasteiger partial charge on any atom is -0.493 e. The van der Waals surface area contributed by atoms with E-state index in [1.807, 2.05) is 31.2 Å². The van der Waals surface area contributed by atoms with Crippen molar-refractivity contribution < 1.29 is 19.1 Å². The van der Waals surface area contributed by atoms with Crippen molar-refractivity contribution in [1.29, 1.82) is 0 Å². The summed E-state index contributed by atoms with van der Waals surface area (Å²) in [5.41, 5.74) is 0.945. The van der Waals surface area contributed by atoms with Crippen molar-refractivity contribution >= 4 is 23.2 Å². The number of rotatable bonds is 10. The van der Waals surface area contributed by atoms with Crippen LogP contribution < -0.4 is 20.1 Å². The van der Waals surface area contributed by atoms with Crippen molar-refractivity contribution in [2.24, 2.45) is 5.92 Å². The third-order valence-electron chi connectivity index (χ3n) is 5.99. The lowest BCUT2D eigenvalue weighted by molar-refractivity contribution is -0.128. The molecule has 1 aromatic heterocycles. The monoisotopic (exact) mass is 459 g/mol. The van der Waals surface area contributed by atoms with Crippen molar-refractivity contribution in [3.05, 3.63) is 46.2 Å². The second kappa shape index (κ2) is 11.9. The van der Waals surface area contributed by atoms with Gasteiger partial charge in [0, 0.05) is 23.9 Å². The molecule has 2 heterocycles. The fraction of sp³-hybridized carbons (Fsp3) is 0.500. The molecule has 0 saturated carbocycles. The highest BCUT2D eigenvalue weighted by molar-refractivity contribution is 7.09. The summed E-state index contributed by atoms with van der Waals surface area (Å²) >= 11 is 1.71. The number of methoxy groups -OCH3 is 2. The van der Waals surface area contributed by atoms with E-state index in [0.717, 1.165) is 37.9 Å². The van der Waals surface area contributed by atoms with Crippen molar-refractivity contribution in [3.63, 3.8) is 0 Å². The predicted molar refractivity (Wildman–Crippen MR) is 126 cm³/mol. The van der Waals surface area contributed by atoms with Gasteiger partial charge in [0.05, 0.1) is 20.3 Å². The summed E-state index contributed by atoms with van der Waals surface area (Å²) < 4.78 is 10.6. The average molecular weight is 460 g/mol. The minimum atomic E-state index is -0.238. The quantitative estimate of drug-likeness (QED) is 0.571. The van der Waals surface area contributed by atoms with Crippen LogP contribution in [0.5, 0.6) is 11.5 Å². The molecule has 1 aromatic carbocycles. The number of carbonyl (C=O) groups excluding carboxylic acids is 2. The molecule has 1 aliphatic rings. The van der Waals surface area contributed by atoms with Crippen LogP contribution in [0.1, 0.15) is 30.2 Å². The summed E-state index contributed by atoms with van der Waals surface area (Å²) in [6.45, 7) is 4.51. The Balaban J connectivity index is 1.40. The minimum absolute atomic E-state index is 0.0152. The Morgan fingerprint density at radius 3 is 2.53 bits per heavy atom. The maximum atomic E-state index is 12.7. The predicted octanol–water partition coefficient (Wildman–Crippen LogP) is 2.84. The van der Waals surface area contributed by atoms with Crippen LogP contribution in [0.25, 0.3) is 0 Å². The van der Waals surface area contributed by atoms with Gasteiger partial charge in [0.1, 0.15) is 0 Å². The van der Waals surface area contributed by atoms with Crippen molar-refractivity contribution in [3.8, 4) is 11.5 Å². The maximum absolute atomic E-state index is 12.7. The zero-order valence-electron chi connectivity index (χ0n) is 19.1. The molecule has 3 rings (SSSR count). The van der Waals surface area contributed by atoms with Crippen LogP contribution in [0, 0.1) is 5.92 Å². The molecule has 0 bridgehead atoms. The van der Waals surface area contributed by atoms with E-state index in [9.17, 15) is 9.59 Å². The lowest BCUT2D eigenvalue weighted by Gasteiger charge is -2.34. The SMILES string of the molecule is COc1ccc(CNC(=O)C(C)N2CCC(C(=O)NCCc3cccs3)CC2)cc1OC. The Labute approximate surface area is 194 Å². The second-order valence-electron chi connectivity index (χ2n) is 8.01. The molecule has 0 radical (unpaired) electrons. The molecule has 174 valence electrons. The van der Waals surface area contributed by atoms with Crippen LogP contribution in [-0.4, -0.2) is 56.6 Å². The van der Waals surface area contributed by atoms with E-state index in [1.165, 1.54) is 4.88 Å². The van der Waals surface area contributed by atoms with Crippen molar-refractivity contribution in [2.45, 2.75) is 38.8 Å². The number of hydrogen-bond acceptors (Lipinski definition) is 6. The average Bonchev–Trinajstić information content (AvgIpc) is 3.35. The van der Waals surface area contributed by atoms with E-state index in [4.69, 9.17) is 9.47 Å². The van der Waals surface area contributed by atoms with Crippen LogP contribution in [0.4, 0.5) is 0 Å². The number of piperidine rings is 1. The van der Waals surface area contributed by atoms with Gasteiger partial charge in [0.15, 0.2) is 11.5 Å². The lowest BCUT2D eigenvalue weighted by atomic mass is 9.95. The van der Waals surface area contributed by atoms with Gasteiger partial charge in [0.25, 0.3) is 0 Å². The first kappa shape index (κ1) is 24.1. The number of thiophene rings is 1. The zero-order valence-corrected chi connectivity index (χ0v) is 19.9. The molecule has 2 aromatic rings. The first-order valence-corrected chi connectivity index (χ1v) is 11.9. The van der Waals surface area contributed by atoms with E-state index in [0.29, 0.717) is 24.6 Å². The van der Waals surface area contributed by atoms with Gasteiger partial charge in [-0.05, 0) is 68.4 Å². The number of ether oxygens (including phenoxy) is 2. The molecule has 0 spiro atoms. The standard InChI is InChI=1S/C24H33N3O4S/c1-17(23(28)26-16-18-6-7-21(30-2)22(15-18)31-3)27-12-9-19(10-13-27)24(29)25-11-8-20-5-4-14-32-20/h4-7,14-15,17,19H,8-13,16H2,1-3H3,(H,25,29)(H,26,28). The first-order chi connectivity index (χ1) is 15.5. The highest BCUT2D eigenvalue weighted by Gasteiger charge is 2.29. The molecule has 1 saturated heterocycles. The summed E-state index contributed by atoms with van der Waals surface area (Å²) in [7, 11) is 3.19. The van der Waals surface area contributed by atoms with Crippen molar-refractivity contribution in [2.75, 3.05) is 33.9 Å².